The van der Waals surface area contributed by atoms with Crippen molar-refractivity contribution >= 4 is 5.52 Å². The Hall–Kier alpha value is -1.42. The fraction of sp³-hybridized carbons (Fsp3) is 0.455. The van der Waals surface area contributed by atoms with E-state index >= 15 is 0 Å². The molecule has 4 heteroatoms. The first-order chi connectivity index (χ1) is 7.21. The smallest absolute Gasteiger partial charge is 0.123 e. The molecule has 3 rings (SSSR count). The molecule has 0 aliphatic carbocycles. The van der Waals surface area contributed by atoms with Crippen LogP contribution in [0.15, 0.2) is 18.6 Å². The van der Waals surface area contributed by atoms with Gasteiger partial charge in [0.25, 0.3) is 0 Å². The van der Waals surface area contributed by atoms with Crippen LogP contribution in [0.1, 0.15) is 18.4 Å². The molecule has 0 radical (unpaired) electrons. The lowest BCUT2D eigenvalue weighted by Gasteiger charge is -2.36. The van der Waals surface area contributed by atoms with Gasteiger partial charge in [-0.3, -0.25) is 9.38 Å². The van der Waals surface area contributed by atoms with Gasteiger partial charge >= 0.3 is 0 Å². The van der Waals surface area contributed by atoms with Crippen LogP contribution in [0.2, 0.25) is 0 Å². The maximum atomic E-state index is 5.27. The van der Waals surface area contributed by atoms with Gasteiger partial charge in [-0.15, -0.1) is 0 Å². The van der Waals surface area contributed by atoms with E-state index in [9.17, 15) is 0 Å². The maximum Gasteiger partial charge on any atom is 0.123 e. The maximum absolute atomic E-state index is 5.27. The monoisotopic (exact) mass is 203 g/mol. The number of nitrogens with zero attached hydrogens (tertiary/aromatic N) is 3. The van der Waals surface area contributed by atoms with Gasteiger partial charge in [-0.05, 0) is 13.8 Å². The van der Waals surface area contributed by atoms with Gasteiger partial charge in [0.2, 0.25) is 0 Å². The van der Waals surface area contributed by atoms with Crippen LogP contribution in [0.3, 0.4) is 0 Å². The number of aromatic nitrogens is 3. The van der Waals surface area contributed by atoms with Gasteiger partial charge in [0.05, 0.1) is 36.0 Å². The molecule has 0 aromatic carbocycles. The summed E-state index contributed by atoms with van der Waals surface area (Å²) >= 11 is 0. The summed E-state index contributed by atoms with van der Waals surface area (Å²) < 4.78 is 7.39. The Kier molecular flexibility index (Phi) is 1.65. The molecule has 1 fully saturated rings. The molecule has 1 aliphatic rings. The second kappa shape index (κ2) is 2.79. The molecule has 1 saturated heterocycles. The van der Waals surface area contributed by atoms with E-state index in [0.29, 0.717) is 0 Å². The number of rotatable bonds is 1. The first-order valence-electron chi connectivity index (χ1n) is 5.08. The van der Waals surface area contributed by atoms with Crippen molar-refractivity contribution in [2.75, 3.05) is 13.2 Å². The lowest BCUT2D eigenvalue weighted by Crippen LogP contribution is -2.45. The summed E-state index contributed by atoms with van der Waals surface area (Å²) in [5, 5.41) is 0. The third kappa shape index (κ3) is 1.11. The van der Waals surface area contributed by atoms with Crippen molar-refractivity contribution in [1.29, 1.82) is 0 Å². The van der Waals surface area contributed by atoms with E-state index < -0.39 is 0 Å². The summed E-state index contributed by atoms with van der Waals surface area (Å²) in [6.07, 6.45) is 5.67. The zero-order valence-corrected chi connectivity index (χ0v) is 8.90. The number of fused-ring (bicyclic) bond motifs is 1. The molecule has 4 nitrogen and oxygen atoms in total. The summed E-state index contributed by atoms with van der Waals surface area (Å²) in [7, 11) is 0. The highest BCUT2D eigenvalue weighted by atomic mass is 16.5. The molecule has 0 atom stereocenters. The Morgan fingerprint density at radius 2 is 2.20 bits per heavy atom. The molecule has 0 saturated carbocycles. The second-order valence-electron chi connectivity index (χ2n) is 4.40. The van der Waals surface area contributed by atoms with Gasteiger partial charge in [0.15, 0.2) is 0 Å². The number of hydrogen-bond acceptors (Lipinski definition) is 3. The number of hydrogen-bond donors (Lipinski definition) is 0. The number of aryl methyl sites for hydroxylation is 1. The Bertz CT molecular complexity index is 514. The van der Waals surface area contributed by atoms with Crippen molar-refractivity contribution in [1.82, 2.24) is 14.4 Å². The van der Waals surface area contributed by atoms with Crippen LogP contribution in [-0.4, -0.2) is 27.6 Å². The molecule has 2 aromatic heterocycles. The van der Waals surface area contributed by atoms with Crippen molar-refractivity contribution in [2.45, 2.75) is 19.3 Å². The van der Waals surface area contributed by atoms with Crippen LogP contribution < -0.4 is 0 Å². The summed E-state index contributed by atoms with van der Waals surface area (Å²) in [5.41, 5.74) is 2.17. The molecule has 0 spiro atoms. The molecule has 0 bridgehead atoms. The molecule has 0 N–H and O–H groups in total. The third-order valence-electron chi connectivity index (χ3n) is 3.03. The van der Waals surface area contributed by atoms with Gasteiger partial charge < -0.3 is 4.74 Å². The Balaban J connectivity index is 2.24. The quantitative estimate of drug-likeness (QED) is 0.701. The van der Waals surface area contributed by atoms with Gasteiger partial charge in [-0.2, -0.15) is 0 Å². The molecule has 15 heavy (non-hydrogen) atoms. The van der Waals surface area contributed by atoms with Crippen molar-refractivity contribution < 1.29 is 4.74 Å². The lowest BCUT2D eigenvalue weighted by molar-refractivity contribution is -0.0545. The third-order valence-corrected chi connectivity index (χ3v) is 3.03. The van der Waals surface area contributed by atoms with E-state index in [4.69, 9.17) is 4.74 Å². The van der Waals surface area contributed by atoms with Gasteiger partial charge in [-0.25, -0.2) is 4.98 Å². The second-order valence-corrected chi connectivity index (χ2v) is 4.40. The highest BCUT2D eigenvalue weighted by Gasteiger charge is 2.38. The van der Waals surface area contributed by atoms with E-state index in [0.717, 1.165) is 30.2 Å². The molecular formula is C11H13N3O. The van der Waals surface area contributed by atoms with Crippen molar-refractivity contribution in [3.63, 3.8) is 0 Å². The van der Waals surface area contributed by atoms with E-state index in [2.05, 4.69) is 21.3 Å². The highest BCUT2D eigenvalue weighted by molar-refractivity contribution is 5.50. The zero-order chi connectivity index (χ0) is 10.5. The minimum atomic E-state index is 0.0697. The summed E-state index contributed by atoms with van der Waals surface area (Å²) in [5.74, 6) is 1.08. The normalized spacial score (nSPS) is 19.1. The van der Waals surface area contributed by atoms with Crippen LogP contribution >= 0.6 is 0 Å². The molecule has 78 valence electrons. The summed E-state index contributed by atoms with van der Waals surface area (Å²) in [6.45, 7) is 5.70. The molecular weight excluding hydrogens is 190 g/mol. The summed E-state index contributed by atoms with van der Waals surface area (Å²) in [6, 6.07) is 0. The standard InChI is InChI=1S/C11H13N3O/c1-8-9-5-13-10(11(2)6-15-7-11)14(9)4-3-12-8/h3-5H,6-7H2,1-2H3. The van der Waals surface area contributed by atoms with E-state index in [1.807, 2.05) is 25.5 Å². The fourth-order valence-electron chi connectivity index (χ4n) is 2.04. The Morgan fingerprint density at radius 3 is 2.87 bits per heavy atom. The first-order valence-corrected chi connectivity index (χ1v) is 5.08. The van der Waals surface area contributed by atoms with Crippen LogP contribution in [0.25, 0.3) is 5.52 Å². The van der Waals surface area contributed by atoms with Crippen molar-refractivity contribution in [3.8, 4) is 0 Å². The molecule has 0 unspecified atom stereocenters. The average Bonchev–Trinajstić information content (AvgIpc) is 2.60. The minimum absolute atomic E-state index is 0.0697. The Morgan fingerprint density at radius 1 is 1.40 bits per heavy atom. The SMILES string of the molecule is Cc1nccn2c(C3(C)COC3)ncc12. The predicted molar refractivity (Wildman–Crippen MR) is 55.9 cm³/mol. The topological polar surface area (TPSA) is 39.4 Å². The first kappa shape index (κ1) is 8.85. The van der Waals surface area contributed by atoms with Gasteiger partial charge in [0, 0.05) is 12.4 Å². The largest absolute Gasteiger partial charge is 0.379 e. The van der Waals surface area contributed by atoms with E-state index in [1.165, 1.54) is 0 Å². The Labute approximate surface area is 87.9 Å². The van der Waals surface area contributed by atoms with Crippen LogP contribution in [0, 0.1) is 6.92 Å². The number of imidazole rings is 1. The minimum Gasteiger partial charge on any atom is -0.379 e. The predicted octanol–water partition coefficient (Wildman–Crippen LogP) is 1.33. The zero-order valence-electron chi connectivity index (χ0n) is 8.90. The van der Waals surface area contributed by atoms with E-state index in [1.54, 1.807) is 0 Å². The fourth-order valence-corrected chi connectivity index (χ4v) is 2.04. The number of ether oxygens (including phenoxy) is 1. The molecule has 2 aromatic rings. The molecule has 0 amide bonds. The van der Waals surface area contributed by atoms with Crippen molar-refractivity contribution in [3.05, 3.63) is 30.1 Å². The molecule has 1 aliphatic heterocycles. The lowest BCUT2D eigenvalue weighted by atomic mass is 9.88. The van der Waals surface area contributed by atoms with Gasteiger partial charge in [-0.1, -0.05) is 0 Å². The van der Waals surface area contributed by atoms with Crippen LogP contribution in [0.5, 0.6) is 0 Å². The van der Waals surface area contributed by atoms with Crippen LogP contribution in [-0.2, 0) is 10.2 Å². The molecule has 3 heterocycles. The van der Waals surface area contributed by atoms with Crippen LogP contribution in [0.4, 0.5) is 0 Å². The summed E-state index contributed by atoms with van der Waals surface area (Å²) in [4.78, 5) is 8.75. The van der Waals surface area contributed by atoms with E-state index in [-0.39, 0.29) is 5.41 Å². The van der Waals surface area contributed by atoms with Crippen molar-refractivity contribution in [2.24, 2.45) is 0 Å². The highest BCUT2D eigenvalue weighted by Crippen LogP contribution is 2.31. The van der Waals surface area contributed by atoms with Gasteiger partial charge in [0.1, 0.15) is 5.82 Å². The average molecular weight is 203 g/mol.